The molecule has 1 aliphatic rings. The summed E-state index contributed by atoms with van der Waals surface area (Å²) in [6.45, 7) is 5.86. The van der Waals surface area contributed by atoms with Crippen LogP contribution in [0.25, 0.3) is 0 Å². The van der Waals surface area contributed by atoms with Crippen molar-refractivity contribution < 1.29 is 14.3 Å². The first-order valence-electron chi connectivity index (χ1n) is 8.00. The molecule has 2 amide bonds. The molecule has 0 spiro atoms. The van der Waals surface area contributed by atoms with Crippen molar-refractivity contribution in [3.63, 3.8) is 0 Å². The first-order valence-corrected chi connectivity index (χ1v) is 8.81. The number of carbonyl (C=O) groups is 2. The van der Waals surface area contributed by atoms with Gasteiger partial charge in [-0.3, -0.25) is 9.59 Å². The molecule has 0 aliphatic carbocycles. The number of ether oxygens (including phenoxy) is 1. The van der Waals surface area contributed by atoms with Crippen LogP contribution >= 0.6 is 11.3 Å². The van der Waals surface area contributed by atoms with Crippen LogP contribution in [-0.2, 0) is 11.2 Å². The molecule has 0 fully saturated rings. The number of fused-ring (bicyclic) bond motifs is 1. The van der Waals surface area contributed by atoms with Gasteiger partial charge >= 0.3 is 0 Å². The first kappa shape index (κ1) is 16.5. The van der Waals surface area contributed by atoms with Gasteiger partial charge in [-0.25, -0.2) is 0 Å². The maximum atomic E-state index is 12.4. The van der Waals surface area contributed by atoms with Crippen LogP contribution in [0.2, 0.25) is 0 Å². The summed E-state index contributed by atoms with van der Waals surface area (Å²) in [4.78, 5) is 26.0. The van der Waals surface area contributed by atoms with E-state index in [9.17, 15) is 9.59 Å². The van der Waals surface area contributed by atoms with Crippen molar-refractivity contribution in [2.24, 2.45) is 0 Å². The fraction of sp³-hybridized carbons (Fsp3) is 0.333. The summed E-state index contributed by atoms with van der Waals surface area (Å²) in [6.07, 6.45) is 1.53. The minimum atomic E-state index is -0.510. The Labute approximate surface area is 145 Å². The summed E-state index contributed by atoms with van der Waals surface area (Å²) in [7, 11) is 0. The quantitative estimate of drug-likeness (QED) is 0.881. The number of nitrogens with one attached hydrogen (secondary N) is 2. The van der Waals surface area contributed by atoms with Gasteiger partial charge in [0.05, 0.1) is 10.6 Å². The van der Waals surface area contributed by atoms with Gasteiger partial charge in [0.2, 0.25) is 0 Å². The lowest BCUT2D eigenvalue weighted by molar-refractivity contribution is -0.122. The van der Waals surface area contributed by atoms with Gasteiger partial charge < -0.3 is 15.4 Å². The van der Waals surface area contributed by atoms with E-state index in [1.54, 1.807) is 25.1 Å². The normalized spacial score (nSPS) is 16.1. The summed E-state index contributed by atoms with van der Waals surface area (Å²) in [6, 6.07) is 7.20. The first-order chi connectivity index (χ1) is 11.5. The Kier molecular flexibility index (Phi) is 4.57. The van der Waals surface area contributed by atoms with Crippen LogP contribution in [-0.4, -0.2) is 17.9 Å². The molecule has 24 heavy (non-hydrogen) atoms. The number of hydrogen-bond acceptors (Lipinski definition) is 4. The molecule has 1 atom stereocenters. The lowest BCUT2D eigenvalue weighted by Crippen LogP contribution is -2.34. The molecule has 0 saturated carbocycles. The smallest absolute Gasteiger partial charge is 0.265 e. The summed E-state index contributed by atoms with van der Waals surface area (Å²) in [5.41, 5.74) is 2.43. The lowest BCUT2D eigenvalue weighted by Gasteiger charge is -2.23. The third-order valence-electron chi connectivity index (χ3n) is 3.93. The molecule has 0 radical (unpaired) electrons. The Morgan fingerprint density at radius 3 is 2.92 bits per heavy atom. The molecule has 2 N–H and O–H groups in total. The average molecular weight is 344 g/mol. The molecule has 6 heteroatoms. The highest BCUT2D eigenvalue weighted by Crippen LogP contribution is 2.32. The van der Waals surface area contributed by atoms with Gasteiger partial charge in [0.1, 0.15) is 5.75 Å². The second-order valence-corrected chi connectivity index (χ2v) is 7.11. The van der Waals surface area contributed by atoms with E-state index in [0.717, 1.165) is 12.8 Å². The van der Waals surface area contributed by atoms with Crippen molar-refractivity contribution in [2.45, 2.75) is 39.7 Å². The van der Waals surface area contributed by atoms with E-state index in [1.165, 1.54) is 21.8 Å². The molecule has 126 valence electrons. The summed E-state index contributed by atoms with van der Waals surface area (Å²) >= 11 is 1.50. The topological polar surface area (TPSA) is 67.4 Å². The molecule has 1 aliphatic heterocycles. The van der Waals surface area contributed by atoms with Crippen LogP contribution < -0.4 is 15.4 Å². The van der Waals surface area contributed by atoms with Crippen molar-refractivity contribution in [1.82, 2.24) is 0 Å². The van der Waals surface area contributed by atoms with E-state index in [2.05, 4.69) is 17.6 Å². The molecule has 2 aromatic rings. The molecule has 0 bridgehead atoms. The maximum Gasteiger partial charge on any atom is 0.265 e. The average Bonchev–Trinajstić information content (AvgIpc) is 2.90. The third kappa shape index (κ3) is 3.28. The second-order valence-electron chi connectivity index (χ2n) is 5.86. The molecular formula is C18H20N2O3S. The maximum absolute atomic E-state index is 12.4. The Bertz CT molecular complexity index is 798. The molecule has 0 saturated heterocycles. The molecule has 1 aromatic carbocycles. The zero-order valence-electron chi connectivity index (χ0n) is 13.9. The highest BCUT2D eigenvalue weighted by molar-refractivity contribution is 7.14. The second kappa shape index (κ2) is 6.65. The molecule has 5 nitrogen and oxygen atoms in total. The predicted molar refractivity (Wildman–Crippen MR) is 96.2 cm³/mol. The standard InChI is InChI=1S/C18H20N2O3S/c1-4-5-12-8-16(24-11(12)3)18(22)19-13-6-7-15-14(9-13)20-17(21)10(2)23-15/h6-10H,4-5H2,1-3H3,(H,19,22)(H,20,21)/t10-/m0/s1. The largest absolute Gasteiger partial charge is 0.479 e. The van der Waals surface area contributed by atoms with Crippen molar-refractivity contribution >= 4 is 34.5 Å². The Hall–Kier alpha value is -2.34. The number of rotatable bonds is 4. The fourth-order valence-corrected chi connectivity index (χ4v) is 3.60. The van der Waals surface area contributed by atoms with Crippen LogP contribution in [0, 0.1) is 6.92 Å². The van der Waals surface area contributed by atoms with Crippen molar-refractivity contribution in [2.75, 3.05) is 10.6 Å². The van der Waals surface area contributed by atoms with Gasteiger partial charge in [-0.2, -0.15) is 0 Å². The van der Waals surface area contributed by atoms with Crippen molar-refractivity contribution in [3.8, 4) is 5.75 Å². The Balaban J connectivity index is 1.76. The number of thiophene rings is 1. The van der Waals surface area contributed by atoms with Gasteiger partial charge in [-0.15, -0.1) is 11.3 Å². The Morgan fingerprint density at radius 2 is 2.17 bits per heavy atom. The van der Waals surface area contributed by atoms with Gasteiger partial charge in [0.15, 0.2) is 6.10 Å². The van der Waals surface area contributed by atoms with Gasteiger partial charge in [0.25, 0.3) is 11.8 Å². The number of anilines is 2. The molecule has 0 unspecified atom stereocenters. The zero-order chi connectivity index (χ0) is 17.3. The fourth-order valence-electron chi connectivity index (χ4n) is 2.63. The SMILES string of the molecule is CCCc1cc(C(=O)Nc2ccc3c(c2)NC(=O)[C@H](C)O3)sc1C. The molecule has 1 aromatic heterocycles. The van der Waals surface area contributed by atoms with E-state index in [0.29, 0.717) is 22.0 Å². The van der Waals surface area contributed by atoms with Gasteiger partial charge in [-0.1, -0.05) is 13.3 Å². The number of hydrogen-bond donors (Lipinski definition) is 2. The van der Waals surface area contributed by atoms with Crippen LogP contribution in [0.3, 0.4) is 0 Å². The monoisotopic (exact) mass is 344 g/mol. The van der Waals surface area contributed by atoms with Crippen LogP contribution in [0.15, 0.2) is 24.3 Å². The van der Waals surface area contributed by atoms with Crippen molar-refractivity contribution in [1.29, 1.82) is 0 Å². The highest BCUT2D eigenvalue weighted by atomic mass is 32.1. The number of amides is 2. The van der Waals surface area contributed by atoms with E-state index >= 15 is 0 Å². The van der Waals surface area contributed by atoms with Gasteiger partial charge in [0, 0.05) is 10.6 Å². The minimum absolute atomic E-state index is 0.137. The number of benzene rings is 1. The molecule has 2 heterocycles. The lowest BCUT2D eigenvalue weighted by atomic mass is 10.1. The van der Waals surface area contributed by atoms with E-state index in [4.69, 9.17) is 4.74 Å². The van der Waals surface area contributed by atoms with E-state index < -0.39 is 6.10 Å². The number of carbonyl (C=O) groups excluding carboxylic acids is 2. The van der Waals surface area contributed by atoms with Crippen LogP contribution in [0.1, 0.15) is 40.4 Å². The van der Waals surface area contributed by atoms with Gasteiger partial charge in [-0.05, 0) is 50.1 Å². The minimum Gasteiger partial charge on any atom is -0.479 e. The predicted octanol–water partition coefficient (Wildman–Crippen LogP) is 3.98. The highest BCUT2D eigenvalue weighted by Gasteiger charge is 2.23. The van der Waals surface area contributed by atoms with E-state index in [-0.39, 0.29) is 11.8 Å². The zero-order valence-corrected chi connectivity index (χ0v) is 14.8. The van der Waals surface area contributed by atoms with Crippen LogP contribution in [0.5, 0.6) is 5.75 Å². The van der Waals surface area contributed by atoms with E-state index in [1.807, 2.05) is 13.0 Å². The van der Waals surface area contributed by atoms with Crippen molar-refractivity contribution in [3.05, 3.63) is 39.6 Å². The van der Waals surface area contributed by atoms with Crippen LogP contribution in [0.4, 0.5) is 11.4 Å². The third-order valence-corrected chi connectivity index (χ3v) is 5.02. The molecule has 3 rings (SSSR count). The summed E-state index contributed by atoms with van der Waals surface area (Å²) in [5, 5.41) is 5.66. The summed E-state index contributed by atoms with van der Waals surface area (Å²) < 4.78 is 5.51. The Morgan fingerprint density at radius 1 is 1.38 bits per heavy atom. The summed E-state index contributed by atoms with van der Waals surface area (Å²) in [5.74, 6) is 0.281. The molecular weight excluding hydrogens is 324 g/mol. The number of aryl methyl sites for hydroxylation is 2.